The Kier molecular flexibility index (Phi) is 42.3. The molecule has 0 saturated carbocycles. The van der Waals surface area contributed by atoms with Crippen LogP contribution in [0.25, 0.3) is 0 Å². The summed E-state index contributed by atoms with van der Waals surface area (Å²) in [4.78, 5) is 35.4. The van der Waals surface area contributed by atoms with Crippen LogP contribution in [0, 0.1) is 0 Å². The fraction of sp³-hybridized carbons (Fsp3) is 0.769. The summed E-state index contributed by atoms with van der Waals surface area (Å²) in [5, 5.41) is 0. The predicted octanol–water partition coefficient (Wildman–Crippen LogP) is 14.8. The van der Waals surface area contributed by atoms with Crippen LogP contribution in [0.1, 0.15) is 206 Å². The average molecular weight is 893 g/mol. The molecular formula is C52H95NO8P+. The molecule has 0 amide bonds. The van der Waals surface area contributed by atoms with Gasteiger partial charge in [0, 0.05) is 12.8 Å². The summed E-state index contributed by atoms with van der Waals surface area (Å²) >= 11 is 0. The molecule has 1 N–H and O–H groups in total. The number of likely N-dealkylation sites (N-methyl/N-ethyl adjacent to an activating group) is 1. The fourth-order valence-electron chi connectivity index (χ4n) is 6.66. The van der Waals surface area contributed by atoms with Gasteiger partial charge in [-0.25, -0.2) is 4.57 Å². The Morgan fingerprint density at radius 3 is 1.44 bits per heavy atom. The minimum absolute atomic E-state index is 0.0185. The first kappa shape index (κ1) is 59.7. The highest BCUT2D eigenvalue weighted by Gasteiger charge is 2.27. The Morgan fingerprint density at radius 2 is 0.935 bits per heavy atom. The molecule has 0 fully saturated rings. The van der Waals surface area contributed by atoms with Crippen LogP contribution in [0.2, 0.25) is 0 Å². The molecule has 10 heteroatoms. The van der Waals surface area contributed by atoms with Crippen LogP contribution in [0.5, 0.6) is 0 Å². The summed E-state index contributed by atoms with van der Waals surface area (Å²) in [5.41, 5.74) is 0. The van der Waals surface area contributed by atoms with E-state index in [1.807, 2.05) is 21.1 Å². The lowest BCUT2D eigenvalue weighted by Gasteiger charge is -2.24. The maximum atomic E-state index is 12.7. The fourth-order valence-corrected chi connectivity index (χ4v) is 7.40. The number of unbranched alkanes of at least 4 members (excludes halogenated alkanes) is 21. The number of phosphoric acid groups is 1. The third-order valence-electron chi connectivity index (χ3n) is 10.5. The van der Waals surface area contributed by atoms with Crippen molar-refractivity contribution < 1.29 is 42.1 Å². The molecule has 0 bridgehead atoms. The van der Waals surface area contributed by atoms with E-state index in [4.69, 9.17) is 18.5 Å². The number of quaternary nitrogens is 1. The minimum atomic E-state index is -4.40. The summed E-state index contributed by atoms with van der Waals surface area (Å²) in [6.45, 7) is 4.24. The van der Waals surface area contributed by atoms with Crippen molar-refractivity contribution in [3.63, 3.8) is 0 Å². The smallest absolute Gasteiger partial charge is 0.462 e. The molecule has 360 valence electrons. The molecule has 0 aliphatic rings. The Bertz CT molecular complexity index is 1240. The molecule has 0 saturated heterocycles. The predicted molar refractivity (Wildman–Crippen MR) is 261 cm³/mol. The van der Waals surface area contributed by atoms with Crippen LogP contribution in [-0.2, 0) is 32.7 Å². The lowest BCUT2D eigenvalue weighted by Crippen LogP contribution is -2.37. The zero-order valence-electron chi connectivity index (χ0n) is 40.6. The van der Waals surface area contributed by atoms with Gasteiger partial charge in [-0.15, -0.1) is 0 Å². The molecule has 9 nitrogen and oxygen atoms in total. The standard InChI is InChI=1S/C52H94NO8P/c1-6-8-10-12-14-16-18-20-22-23-24-25-26-27-28-29-31-33-35-37-39-41-43-45-52(55)61-50(49-60-62(56,57)59-47-46-53(3,4)5)48-58-51(54)44-42-40-38-36-34-32-30-21-19-17-15-13-11-9-7-2/h9,11,15,17,21,30,34,36-37,39,50H,6-8,10,12-14,16,18-20,22-29,31-33,35,38,40-49H2,1-5H3/p+1/b11-9+,17-15+,30-21+,36-34+,39-37+/t50-/m1/s1. The summed E-state index contributed by atoms with van der Waals surface area (Å²) in [6.07, 6.45) is 54.4. The van der Waals surface area contributed by atoms with Crippen molar-refractivity contribution in [2.24, 2.45) is 0 Å². The van der Waals surface area contributed by atoms with Crippen molar-refractivity contribution in [3.8, 4) is 0 Å². The van der Waals surface area contributed by atoms with E-state index < -0.39 is 32.5 Å². The number of ether oxygens (including phenoxy) is 2. The molecule has 0 spiro atoms. The van der Waals surface area contributed by atoms with Gasteiger partial charge >= 0.3 is 19.8 Å². The topological polar surface area (TPSA) is 108 Å². The number of rotatable bonds is 45. The monoisotopic (exact) mass is 893 g/mol. The van der Waals surface area contributed by atoms with E-state index in [1.165, 1.54) is 116 Å². The maximum Gasteiger partial charge on any atom is 0.472 e. The highest BCUT2D eigenvalue weighted by atomic mass is 31.2. The van der Waals surface area contributed by atoms with E-state index in [0.717, 1.165) is 51.4 Å². The zero-order chi connectivity index (χ0) is 45.7. The summed E-state index contributed by atoms with van der Waals surface area (Å²) < 4.78 is 34.3. The largest absolute Gasteiger partial charge is 0.472 e. The van der Waals surface area contributed by atoms with E-state index in [2.05, 4.69) is 74.6 Å². The molecule has 0 aromatic heterocycles. The SMILES string of the molecule is CC/C=C/C/C=C/C/C=C/C/C=C/CCCCC(=O)OC[C@H](COP(=O)(O)OCC[N+](C)(C)C)OC(=O)CCC/C=C/CCCCCCCCCCCCCCCCCCCC. The number of hydrogen-bond acceptors (Lipinski definition) is 7. The molecule has 0 heterocycles. The van der Waals surface area contributed by atoms with Gasteiger partial charge in [-0.3, -0.25) is 18.6 Å². The summed E-state index contributed by atoms with van der Waals surface area (Å²) in [7, 11) is 1.43. The van der Waals surface area contributed by atoms with Crippen LogP contribution in [0.4, 0.5) is 0 Å². The van der Waals surface area contributed by atoms with Gasteiger partial charge in [0.15, 0.2) is 6.10 Å². The van der Waals surface area contributed by atoms with E-state index >= 15 is 0 Å². The lowest BCUT2D eigenvalue weighted by molar-refractivity contribution is -0.870. The Labute approximate surface area is 381 Å². The van der Waals surface area contributed by atoms with Crippen LogP contribution in [0.15, 0.2) is 60.8 Å². The number of nitrogens with zero attached hydrogens (tertiary/aromatic N) is 1. The summed E-state index contributed by atoms with van der Waals surface area (Å²) in [6, 6.07) is 0. The van der Waals surface area contributed by atoms with Crippen LogP contribution < -0.4 is 0 Å². The highest BCUT2D eigenvalue weighted by molar-refractivity contribution is 7.47. The third-order valence-corrected chi connectivity index (χ3v) is 11.5. The molecule has 2 atom stereocenters. The number of hydrogen-bond donors (Lipinski definition) is 1. The zero-order valence-corrected chi connectivity index (χ0v) is 41.5. The van der Waals surface area contributed by atoms with Crippen molar-refractivity contribution in [1.82, 2.24) is 0 Å². The number of esters is 2. The second-order valence-corrected chi connectivity index (χ2v) is 19.3. The van der Waals surface area contributed by atoms with E-state index in [-0.39, 0.29) is 26.1 Å². The van der Waals surface area contributed by atoms with Gasteiger partial charge in [-0.2, -0.15) is 0 Å². The third kappa shape index (κ3) is 47.2. The molecular weight excluding hydrogens is 798 g/mol. The lowest BCUT2D eigenvalue weighted by atomic mass is 10.0. The molecule has 0 aromatic carbocycles. The van der Waals surface area contributed by atoms with Gasteiger partial charge in [0.2, 0.25) is 0 Å². The summed E-state index contributed by atoms with van der Waals surface area (Å²) in [5.74, 6) is -0.884. The molecule has 0 aliphatic heterocycles. The molecule has 1 unspecified atom stereocenters. The van der Waals surface area contributed by atoms with Crippen molar-refractivity contribution in [2.75, 3.05) is 47.5 Å². The maximum absolute atomic E-state index is 12.7. The first-order valence-electron chi connectivity index (χ1n) is 25.0. The van der Waals surface area contributed by atoms with Gasteiger partial charge in [0.1, 0.15) is 19.8 Å². The van der Waals surface area contributed by atoms with Crippen LogP contribution >= 0.6 is 7.82 Å². The highest BCUT2D eigenvalue weighted by Crippen LogP contribution is 2.43. The Balaban J connectivity index is 4.31. The van der Waals surface area contributed by atoms with Crippen LogP contribution in [-0.4, -0.2) is 74.9 Å². The van der Waals surface area contributed by atoms with Gasteiger partial charge < -0.3 is 18.9 Å². The van der Waals surface area contributed by atoms with Crippen LogP contribution in [0.3, 0.4) is 0 Å². The minimum Gasteiger partial charge on any atom is -0.462 e. The second-order valence-electron chi connectivity index (χ2n) is 17.8. The second kappa shape index (κ2) is 43.9. The first-order chi connectivity index (χ1) is 30.0. The number of phosphoric ester groups is 1. The Hall–Kier alpha value is -2.29. The Morgan fingerprint density at radius 1 is 0.516 bits per heavy atom. The molecule has 0 aromatic rings. The quantitative estimate of drug-likeness (QED) is 0.0212. The normalized spacial score (nSPS) is 14.0. The van der Waals surface area contributed by atoms with E-state index in [0.29, 0.717) is 23.9 Å². The number of allylic oxidation sites excluding steroid dienone is 10. The number of carbonyl (C=O) groups excluding carboxylic acids is 2. The van der Waals surface area contributed by atoms with E-state index in [1.54, 1.807) is 0 Å². The van der Waals surface area contributed by atoms with Crippen molar-refractivity contribution >= 4 is 19.8 Å². The molecule has 0 aliphatic carbocycles. The van der Waals surface area contributed by atoms with Crippen molar-refractivity contribution in [1.29, 1.82) is 0 Å². The number of carbonyl (C=O) groups is 2. The van der Waals surface area contributed by atoms with Crippen molar-refractivity contribution in [2.45, 2.75) is 213 Å². The molecule has 62 heavy (non-hydrogen) atoms. The molecule has 0 rings (SSSR count). The molecule has 0 radical (unpaired) electrons. The van der Waals surface area contributed by atoms with E-state index in [9.17, 15) is 19.0 Å². The van der Waals surface area contributed by atoms with Crippen molar-refractivity contribution in [3.05, 3.63) is 60.8 Å². The average Bonchev–Trinajstić information content (AvgIpc) is 3.23. The van der Waals surface area contributed by atoms with Gasteiger partial charge in [-0.05, 0) is 70.6 Å². The first-order valence-corrected chi connectivity index (χ1v) is 26.5. The van der Waals surface area contributed by atoms with Gasteiger partial charge in [0.25, 0.3) is 0 Å². The van der Waals surface area contributed by atoms with Gasteiger partial charge in [-0.1, -0.05) is 184 Å². The van der Waals surface area contributed by atoms with Gasteiger partial charge in [0.05, 0.1) is 27.7 Å².